The van der Waals surface area contributed by atoms with Crippen molar-refractivity contribution in [1.29, 1.82) is 0 Å². The fourth-order valence-electron chi connectivity index (χ4n) is 2.62. The summed E-state index contributed by atoms with van der Waals surface area (Å²) >= 11 is 1.53. The monoisotopic (exact) mass is 330 g/mol. The van der Waals surface area contributed by atoms with Gasteiger partial charge in [-0.05, 0) is 0 Å². The van der Waals surface area contributed by atoms with E-state index in [1.54, 1.807) is 5.56 Å². The molecule has 1 aromatic rings. The first-order chi connectivity index (χ1) is 7.35. The molecule has 3 atom stereocenters. The van der Waals surface area contributed by atoms with Crippen LogP contribution in [0.4, 0.5) is 0 Å². The molecule has 78 valence electrons. The van der Waals surface area contributed by atoms with E-state index in [1.165, 1.54) is 6.42 Å². The molecule has 2 heteroatoms. The van der Waals surface area contributed by atoms with Crippen molar-refractivity contribution in [2.75, 3.05) is 0 Å². The zero-order valence-electron chi connectivity index (χ0n) is 8.72. The van der Waals surface area contributed by atoms with Gasteiger partial charge < -0.3 is 0 Å². The fraction of sp³-hybridized carbons (Fsp3) is 0.385. The molecule has 2 aliphatic rings. The molecule has 1 saturated heterocycles. The first kappa shape index (κ1) is 10.2. The number of hydrogen-bond donors (Lipinski definition) is 0. The van der Waals surface area contributed by atoms with Crippen LogP contribution in [0.3, 0.4) is 0 Å². The molecular weight excluding hydrogens is 314 g/mol. The Morgan fingerprint density at radius 1 is 1.27 bits per heavy atom. The SMILES string of the molecule is C[Se]C1(c2ccccc2)[Se]C2C=CC1C2. The predicted octanol–water partition coefficient (Wildman–Crippen LogP) is 2.67. The van der Waals surface area contributed by atoms with E-state index in [9.17, 15) is 0 Å². The van der Waals surface area contributed by atoms with Gasteiger partial charge in [0.1, 0.15) is 0 Å². The topological polar surface area (TPSA) is 0 Å². The molecule has 0 saturated carbocycles. The predicted molar refractivity (Wildman–Crippen MR) is 66.5 cm³/mol. The molecule has 0 radical (unpaired) electrons. The van der Waals surface area contributed by atoms with Crippen molar-refractivity contribution in [3.63, 3.8) is 0 Å². The quantitative estimate of drug-likeness (QED) is 0.578. The molecule has 0 nitrogen and oxygen atoms in total. The molecule has 0 amide bonds. The van der Waals surface area contributed by atoms with Crippen LogP contribution in [0.15, 0.2) is 42.5 Å². The van der Waals surface area contributed by atoms with Crippen molar-refractivity contribution in [3.8, 4) is 0 Å². The molecule has 1 heterocycles. The Labute approximate surface area is 104 Å². The molecule has 15 heavy (non-hydrogen) atoms. The summed E-state index contributed by atoms with van der Waals surface area (Å²) in [5.74, 6) is 3.28. The average Bonchev–Trinajstić information content (AvgIpc) is 2.90. The summed E-state index contributed by atoms with van der Waals surface area (Å²) in [6, 6.07) is 11.2. The van der Waals surface area contributed by atoms with Gasteiger partial charge in [0.05, 0.1) is 0 Å². The molecular formula is C13H14Se2. The zero-order chi connectivity index (χ0) is 10.3. The van der Waals surface area contributed by atoms with Gasteiger partial charge in [-0.2, -0.15) is 0 Å². The van der Waals surface area contributed by atoms with Gasteiger partial charge in [0.2, 0.25) is 0 Å². The van der Waals surface area contributed by atoms with Crippen molar-refractivity contribution >= 4 is 29.9 Å². The minimum atomic E-state index is 0.584. The zero-order valence-corrected chi connectivity index (χ0v) is 12.1. The summed E-state index contributed by atoms with van der Waals surface area (Å²) in [4.78, 5) is 0.935. The third kappa shape index (κ3) is 1.47. The van der Waals surface area contributed by atoms with Crippen LogP contribution in [0, 0.1) is 5.92 Å². The summed E-state index contributed by atoms with van der Waals surface area (Å²) in [5.41, 5.74) is 1.62. The Morgan fingerprint density at radius 3 is 2.60 bits per heavy atom. The van der Waals surface area contributed by atoms with E-state index in [2.05, 4.69) is 48.3 Å². The number of benzene rings is 1. The summed E-state index contributed by atoms with van der Waals surface area (Å²) in [7, 11) is 0. The van der Waals surface area contributed by atoms with Gasteiger partial charge in [0.15, 0.2) is 0 Å². The number of hydrogen-bond acceptors (Lipinski definition) is 0. The fourth-order valence-corrected chi connectivity index (χ4v) is 10.2. The van der Waals surface area contributed by atoms with Crippen molar-refractivity contribution in [3.05, 3.63) is 48.0 Å². The van der Waals surface area contributed by atoms with Crippen LogP contribution in [0.1, 0.15) is 12.0 Å². The molecule has 0 N–H and O–H groups in total. The van der Waals surface area contributed by atoms with Crippen molar-refractivity contribution in [2.24, 2.45) is 5.92 Å². The molecule has 0 spiro atoms. The third-order valence-corrected chi connectivity index (χ3v) is 11.8. The summed E-state index contributed by atoms with van der Waals surface area (Å²) in [6.07, 6.45) is 6.40. The standard InChI is InChI=1S/C13H14Se2/c1-14-13(10-5-3-2-4-6-10)11-7-8-12(9-11)15-13/h2-8,11-12H,9H2,1H3. The van der Waals surface area contributed by atoms with Crippen molar-refractivity contribution in [2.45, 2.75) is 20.3 Å². The van der Waals surface area contributed by atoms with Crippen LogP contribution < -0.4 is 0 Å². The van der Waals surface area contributed by atoms with E-state index in [0.717, 1.165) is 40.6 Å². The van der Waals surface area contributed by atoms with Gasteiger partial charge in [-0.25, -0.2) is 0 Å². The molecule has 0 aromatic heterocycles. The molecule has 1 fully saturated rings. The average molecular weight is 328 g/mol. The maximum absolute atomic E-state index is 2.49. The second-order valence-corrected chi connectivity index (χ2v) is 10.8. The van der Waals surface area contributed by atoms with E-state index in [4.69, 9.17) is 0 Å². The van der Waals surface area contributed by atoms with Gasteiger partial charge in [0, 0.05) is 0 Å². The van der Waals surface area contributed by atoms with E-state index in [1.807, 2.05) is 0 Å². The van der Waals surface area contributed by atoms with Crippen LogP contribution in [-0.2, 0) is 3.21 Å². The molecule has 1 aliphatic heterocycles. The Balaban J connectivity index is 2.05. The van der Waals surface area contributed by atoms with Crippen molar-refractivity contribution < 1.29 is 0 Å². The Kier molecular flexibility index (Phi) is 2.57. The van der Waals surface area contributed by atoms with Gasteiger partial charge in [-0.15, -0.1) is 0 Å². The van der Waals surface area contributed by atoms with Gasteiger partial charge in [-0.3, -0.25) is 0 Å². The summed E-state index contributed by atoms with van der Waals surface area (Å²) in [6.45, 7) is 0. The normalized spacial score (nSPS) is 37.4. The maximum atomic E-state index is 2.49. The molecule has 1 aliphatic carbocycles. The van der Waals surface area contributed by atoms with Crippen LogP contribution in [0.5, 0.6) is 0 Å². The number of fused-ring (bicyclic) bond motifs is 2. The molecule has 3 unspecified atom stereocenters. The van der Waals surface area contributed by atoms with Crippen LogP contribution in [0.25, 0.3) is 0 Å². The Hall–Kier alpha value is -0.00104. The first-order valence-corrected chi connectivity index (χ1v) is 9.73. The van der Waals surface area contributed by atoms with Crippen molar-refractivity contribution in [1.82, 2.24) is 0 Å². The van der Waals surface area contributed by atoms with Crippen LogP contribution in [0.2, 0.25) is 10.6 Å². The van der Waals surface area contributed by atoms with Gasteiger partial charge in [0.25, 0.3) is 0 Å². The minimum absolute atomic E-state index is 0.584. The van der Waals surface area contributed by atoms with E-state index >= 15 is 0 Å². The Bertz CT molecular complexity index is 385. The third-order valence-electron chi connectivity index (χ3n) is 3.34. The van der Waals surface area contributed by atoms with E-state index < -0.39 is 0 Å². The van der Waals surface area contributed by atoms with Crippen LogP contribution >= 0.6 is 0 Å². The van der Waals surface area contributed by atoms with E-state index in [-0.39, 0.29) is 0 Å². The van der Waals surface area contributed by atoms with Gasteiger partial charge >= 0.3 is 104 Å². The molecule has 2 bridgehead atoms. The second kappa shape index (κ2) is 3.79. The van der Waals surface area contributed by atoms with Gasteiger partial charge in [-0.1, -0.05) is 0 Å². The Morgan fingerprint density at radius 2 is 2.07 bits per heavy atom. The second-order valence-electron chi connectivity index (χ2n) is 4.12. The molecule has 3 rings (SSSR count). The number of rotatable bonds is 2. The molecule has 1 aromatic carbocycles. The summed E-state index contributed by atoms with van der Waals surface area (Å²) < 4.78 is 0.584. The van der Waals surface area contributed by atoms with Crippen LogP contribution in [-0.4, -0.2) is 29.9 Å². The summed E-state index contributed by atoms with van der Waals surface area (Å²) in [5, 5.41) is 0. The number of allylic oxidation sites excluding steroid dienone is 2. The first-order valence-electron chi connectivity index (χ1n) is 5.32. The van der Waals surface area contributed by atoms with E-state index in [0.29, 0.717) is 3.21 Å².